The van der Waals surface area contributed by atoms with Gasteiger partial charge < -0.3 is 15.4 Å². The number of methoxy groups -OCH3 is 1. The van der Waals surface area contributed by atoms with Crippen LogP contribution < -0.4 is 5.73 Å². The highest BCUT2D eigenvalue weighted by Gasteiger charge is 2.31. The van der Waals surface area contributed by atoms with Crippen LogP contribution in [-0.4, -0.2) is 42.1 Å². The van der Waals surface area contributed by atoms with Crippen LogP contribution in [0.15, 0.2) is 0 Å². The van der Waals surface area contributed by atoms with Gasteiger partial charge in [-0.1, -0.05) is 12.2 Å². The van der Waals surface area contributed by atoms with Crippen molar-refractivity contribution in [1.82, 2.24) is 4.90 Å². The van der Waals surface area contributed by atoms with Crippen LogP contribution in [0.2, 0.25) is 0 Å². The Labute approximate surface area is 89.4 Å². The maximum Gasteiger partial charge on any atom is 0.229 e. The molecule has 14 heavy (non-hydrogen) atoms. The minimum atomic E-state index is 0.0250. The van der Waals surface area contributed by atoms with Crippen LogP contribution in [-0.2, 0) is 9.53 Å². The van der Waals surface area contributed by atoms with Crippen LogP contribution in [0.25, 0.3) is 0 Å². The van der Waals surface area contributed by atoms with E-state index >= 15 is 0 Å². The van der Waals surface area contributed by atoms with Crippen molar-refractivity contribution in [1.29, 1.82) is 0 Å². The summed E-state index contributed by atoms with van der Waals surface area (Å²) >= 11 is 4.71. The molecule has 1 aliphatic rings. The largest absolute Gasteiger partial charge is 0.393 e. The van der Waals surface area contributed by atoms with Crippen molar-refractivity contribution in [3.8, 4) is 0 Å². The summed E-state index contributed by atoms with van der Waals surface area (Å²) in [6.07, 6.45) is 2.36. The molecule has 0 heterocycles. The molecular formula is C9H16N2O2S. The van der Waals surface area contributed by atoms with Crippen molar-refractivity contribution in [2.24, 2.45) is 5.73 Å². The highest BCUT2D eigenvalue weighted by atomic mass is 32.1. The molecule has 0 radical (unpaired) electrons. The fraction of sp³-hybridized carbons (Fsp3) is 0.778. The highest BCUT2D eigenvalue weighted by Crippen LogP contribution is 2.27. The molecule has 1 rings (SSSR count). The van der Waals surface area contributed by atoms with Crippen molar-refractivity contribution >= 4 is 23.1 Å². The molecule has 1 aliphatic carbocycles. The fourth-order valence-electron chi connectivity index (χ4n) is 1.34. The maximum atomic E-state index is 11.6. The van der Waals surface area contributed by atoms with Gasteiger partial charge in [0.25, 0.3) is 0 Å². The zero-order chi connectivity index (χ0) is 10.6. The van der Waals surface area contributed by atoms with Crippen LogP contribution >= 0.6 is 12.2 Å². The van der Waals surface area contributed by atoms with E-state index in [4.69, 9.17) is 22.7 Å². The normalized spacial score (nSPS) is 15.2. The van der Waals surface area contributed by atoms with E-state index in [2.05, 4.69) is 0 Å². The van der Waals surface area contributed by atoms with Crippen LogP contribution in [0.1, 0.15) is 19.3 Å². The van der Waals surface area contributed by atoms with E-state index in [1.54, 1.807) is 7.11 Å². The third-order valence-electron chi connectivity index (χ3n) is 2.17. The lowest BCUT2D eigenvalue weighted by atomic mass is 10.3. The molecule has 80 valence electrons. The van der Waals surface area contributed by atoms with E-state index < -0.39 is 0 Å². The minimum Gasteiger partial charge on any atom is -0.393 e. The van der Waals surface area contributed by atoms with Crippen LogP contribution in [0, 0.1) is 0 Å². The predicted octanol–water partition coefficient (Wildman–Crippen LogP) is 0.300. The zero-order valence-electron chi connectivity index (χ0n) is 8.36. The molecule has 4 nitrogen and oxygen atoms in total. The third-order valence-corrected chi connectivity index (χ3v) is 2.31. The van der Waals surface area contributed by atoms with Gasteiger partial charge in [0.1, 0.15) is 0 Å². The van der Waals surface area contributed by atoms with Crippen molar-refractivity contribution in [3.63, 3.8) is 0 Å². The Morgan fingerprint density at radius 3 is 2.71 bits per heavy atom. The van der Waals surface area contributed by atoms with E-state index in [0.717, 1.165) is 12.8 Å². The number of ether oxygens (including phenoxy) is 1. The Hall–Kier alpha value is -0.680. The summed E-state index contributed by atoms with van der Waals surface area (Å²) < 4.78 is 4.95. The van der Waals surface area contributed by atoms with Crippen LogP contribution in [0.4, 0.5) is 0 Å². The number of nitrogens with two attached hydrogens (primary N) is 1. The average molecular weight is 216 g/mol. The van der Waals surface area contributed by atoms with Crippen LogP contribution in [0.5, 0.6) is 0 Å². The number of rotatable bonds is 6. The summed E-state index contributed by atoms with van der Waals surface area (Å²) in [5.41, 5.74) is 5.33. The SMILES string of the molecule is COCCN(C(=O)CC(N)=S)C1CC1. The van der Waals surface area contributed by atoms with Crippen molar-refractivity contribution in [3.05, 3.63) is 0 Å². The summed E-state index contributed by atoms with van der Waals surface area (Å²) in [6, 6.07) is 0.395. The molecule has 2 N–H and O–H groups in total. The molecule has 0 aliphatic heterocycles. The standard InChI is InChI=1S/C9H16N2O2S/c1-13-5-4-11(7-2-3-7)9(12)6-8(10)14/h7H,2-6H2,1H3,(H2,10,14). The summed E-state index contributed by atoms with van der Waals surface area (Å²) in [5.74, 6) is 0.0250. The Morgan fingerprint density at radius 2 is 2.29 bits per heavy atom. The Kier molecular flexibility index (Phi) is 4.28. The number of hydrogen-bond donors (Lipinski definition) is 1. The van der Waals surface area contributed by atoms with E-state index in [0.29, 0.717) is 19.2 Å². The summed E-state index contributed by atoms with van der Waals surface area (Å²) in [6.45, 7) is 1.21. The minimum absolute atomic E-state index is 0.0250. The van der Waals surface area contributed by atoms with Gasteiger partial charge in [-0.2, -0.15) is 0 Å². The second-order valence-electron chi connectivity index (χ2n) is 3.45. The van der Waals surface area contributed by atoms with Gasteiger partial charge in [-0.15, -0.1) is 0 Å². The molecule has 0 saturated heterocycles. The molecule has 5 heteroatoms. The van der Waals surface area contributed by atoms with Crippen molar-refractivity contribution < 1.29 is 9.53 Å². The molecule has 0 atom stereocenters. The molecule has 1 saturated carbocycles. The smallest absolute Gasteiger partial charge is 0.229 e. The van der Waals surface area contributed by atoms with Gasteiger partial charge in [-0.3, -0.25) is 4.79 Å². The van der Waals surface area contributed by atoms with Gasteiger partial charge in [-0.05, 0) is 12.8 Å². The first-order valence-electron chi connectivity index (χ1n) is 4.72. The third kappa shape index (κ3) is 3.59. The molecule has 0 unspecified atom stereocenters. The van der Waals surface area contributed by atoms with Crippen LogP contribution in [0.3, 0.4) is 0 Å². The number of amides is 1. The number of hydrogen-bond acceptors (Lipinski definition) is 3. The highest BCUT2D eigenvalue weighted by molar-refractivity contribution is 7.80. The van der Waals surface area contributed by atoms with Gasteiger partial charge >= 0.3 is 0 Å². The molecule has 0 aromatic rings. The number of nitrogens with zero attached hydrogens (tertiary/aromatic N) is 1. The Morgan fingerprint density at radius 1 is 1.64 bits per heavy atom. The number of carbonyl (C=O) groups is 1. The number of carbonyl (C=O) groups excluding carboxylic acids is 1. The predicted molar refractivity (Wildman–Crippen MR) is 58.0 cm³/mol. The molecule has 1 amide bonds. The molecule has 0 bridgehead atoms. The lowest BCUT2D eigenvalue weighted by molar-refractivity contribution is -0.131. The molecule has 0 aromatic carbocycles. The molecule has 0 spiro atoms. The molecular weight excluding hydrogens is 200 g/mol. The van der Waals surface area contributed by atoms with E-state index in [-0.39, 0.29) is 17.3 Å². The van der Waals surface area contributed by atoms with E-state index in [1.807, 2.05) is 4.90 Å². The van der Waals surface area contributed by atoms with Gasteiger partial charge in [-0.25, -0.2) is 0 Å². The first kappa shape index (κ1) is 11.4. The van der Waals surface area contributed by atoms with Gasteiger partial charge in [0.2, 0.25) is 5.91 Å². The second kappa shape index (κ2) is 5.26. The number of thiocarbonyl (C=S) groups is 1. The quantitative estimate of drug-likeness (QED) is 0.649. The second-order valence-corrected chi connectivity index (χ2v) is 3.98. The average Bonchev–Trinajstić information content (AvgIpc) is 2.87. The monoisotopic (exact) mass is 216 g/mol. The summed E-state index contributed by atoms with van der Waals surface area (Å²) in [4.78, 5) is 13.7. The van der Waals surface area contributed by atoms with Gasteiger partial charge in [0.15, 0.2) is 0 Å². The van der Waals surface area contributed by atoms with Crippen molar-refractivity contribution in [2.45, 2.75) is 25.3 Å². The topological polar surface area (TPSA) is 55.6 Å². The summed E-state index contributed by atoms with van der Waals surface area (Å²) in [7, 11) is 1.63. The first-order chi connectivity index (χ1) is 6.65. The van der Waals surface area contributed by atoms with Gasteiger partial charge in [0.05, 0.1) is 18.0 Å². The maximum absolute atomic E-state index is 11.6. The zero-order valence-corrected chi connectivity index (χ0v) is 9.18. The lowest BCUT2D eigenvalue weighted by Gasteiger charge is -2.21. The van der Waals surface area contributed by atoms with Gasteiger partial charge in [0, 0.05) is 19.7 Å². The van der Waals surface area contributed by atoms with E-state index in [1.165, 1.54) is 0 Å². The Balaban J connectivity index is 2.40. The summed E-state index contributed by atoms with van der Waals surface area (Å²) in [5, 5.41) is 0. The fourth-order valence-corrected chi connectivity index (χ4v) is 1.46. The lowest BCUT2D eigenvalue weighted by Crippen LogP contribution is -2.37. The van der Waals surface area contributed by atoms with E-state index in [9.17, 15) is 4.79 Å². The first-order valence-corrected chi connectivity index (χ1v) is 5.12. The molecule has 0 aromatic heterocycles. The Bertz CT molecular complexity index is 229. The molecule has 1 fully saturated rings. The van der Waals surface area contributed by atoms with Crippen molar-refractivity contribution in [2.75, 3.05) is 20.3 Å².